The van der Waals surface area contributed by atoms with E-state index in [1.54, 1.807) is 0 Å². The number of hydrogen-bond acceptors (Lipinski definition) is 5. The van der Waals surface area contributed by atoms with E-state index in [0.29, 0.717) is 5.11 Å². The summed E-state index contributed by atoms with van der Waals surface area (Å²) in [6.45, 7) is 7.66. The number of likely N-dealkylation sites (N-methyl/N-ethyl adjacent to an activating group) is 1. The van der Waals surface area contributed by atoms with Gasteiger partial charge < -0.3 is 10.6 Å². The largest absolute Gasteiger partial charge is 0.376 e. The van der Waals surface area contributed by atoms with Gasteiger partial charge in [0.25, 0.3) is 0 Å². The molecule has 0 spiro atoms. The quantitative estimate of drug-likeness (QED) is 0.107. The molecule has 0 fully saturated rings. The molecule has 3 aromatic carbocycles. The number of hydrogen-bond donors (Lipinski definition) is 1. The Bertz CT molecular complexity index is 1690. The number of benzene rings is 3. The molecule has 2 aromatic heterocycles. The lowest BCUT2D eigenvalue weighted by Gasteiger charge is -2.25. The molecule has 5 rings (SSSR count). The van der Waals surface area contributed by atoms with Crippen LogP contribution in [0.4, 0.5) is 11.4 Å². The summed E-state index contributed by atoms with van der Waals surface area (Å²) in [5.41, 5.74) is 11.1. The van der Waals surface area contributed by atoms with Crippen LogP contribution in [0.25, 0.3) is 20.2 Å². The average molecular weight is 748 g/mol. The van der Waals surface area contributed by atoms with Crippen LogP contribution in [0.5, 0.6) is 0 Å². The van der Waals surface area contributed by atoms with Crippen LogP contribution in [0.15, 0.2) is 73.8 Å². The molecule has 5 aromatic rings. The standard InChI is InChI=1S/C32H33Br2N3S4/c1-4-27-22(14-16-36(5-2)15-13-20-9-11-28-24(17-20)30(39-3)19-40-28)23-18-21(10-12-29(23)41-27)37(32(35)38)26-8-6-7-25(33)31(26)34/h6-12,17-19H,4-5,13-16H2,1-3H3,(H2,35,38). The van der Waals surface area contributed by atoms with Crippen molar-refractivity contribution in [2.45, 2.75) is 38.0 Å². The van der Waals surface area contributed by atoms with Crippen molar-refractivity contribution in [2.24, 2.45) is 5.73 Å². The third-order valence-electron chi connectivity index (χ3n) is 7.49. The van der Waals surface area contributed by atoms with Crippen molar-refractivity contribution in [2.75, 3.05) is 30.8 Å². The Morgan fingerprint density at radius 3 is 2.49 bits per heavy atom. The highest BCUT2D eigenvalue weighted by molar-refractivity contribution is 9.13. The minimum atomic E-state index is 0.318. The topological polar surface area (TPSA) is 32.5 Å². The lowest BCUT2D eigenvalue weighted by Crippen LogP contribution is -2.31. The second-order valence-corrected chi connectivity index (χ2v) is 14.8. The van der Waals surface area contributed by atoms with Crippen molar-refractivity contribution in [3.05, 3.63) is 84.9 Å². The molecule has 0 radical (unpaired) electrons. The van der Waals surface area contributed by atoms with E-state index in [4.69, 9.17) is 18.0 Å². The fourth-order valence-corrected chi connectivity index (χ4v) is 9.25. The molecule has 214 valence electrons. The summed E-state index contributed by atoms with van der Waals surface area (Å²) in [5.74, 6) is 0. The van der Waals surface area contributed by atoms with Gasteiger partial charge in [0.15, 0.2) is 5.11 Å². The first-order valence-electron chi connectivity index (χ1n) is 13.7. The molecule has 0 amide bonds. The van der Waals surface area contributed by atoms with Crippen LogP contribution in [-0.4, -0.2) is 35.9 Å². The molecule has 2 heterocycles. The van der Waals surface area contributed by atoms with Crippen molar-refractivity contribution < 1.29 is 0 Å². The minimum absolute atomic E-state index is 0.318. The molecule has 0 atom stereocenters. The van der Waals surface area contributed by atoms with Crippen LogP contribution >= 0.6 is 78.5 Å². The maximum Gasteiger partial charge on any atom is 0.175 e. The Kier molecular flexibility index (Phi) is 10.5. The van der Waals surface area contributed by atoms with Gasteiger partial charge in [0.2, 0.25) is 0 Å². The molecular formula is C32H33Br2N3S4. The molecule has 0 saturated carbocycles. The SMILES string of the molecule is CCc1sc2ccc(N(C(N)=S)c3cccc(Br)c3Br)cc2c1CCN(CC)CCc1ccc2scc(SC)c2c1. The molecule has 0 aliphatic heterocycles. The highest BCUT2D eigenvalue weighted by Crippen LogP contribution is 2.40. The zero-order valence-corrected chi connectivity index (χ0v) is 29.8. The summed E-state index contributed by atoms with van der Waals surface area (Å²) >= 11 is 18.5. The Morgan fingerprint density at radius 1 is 0.976 bits per heavy atom. The Morgan fingerprint density at radius 2 is 1.76 bits per heavy atom. The van der Waals surface area contributed by atoms with E-state index in [1.807, 2.05) is 57.5 Å². The molecule has 0 aliphatic carbocycles. The lowest BCUT2D eigenvalue weighted by atomic mass is 10.0. The normalized spacial score (nSPS) is 11.7. The first-order valence-corrected chi connectivity index (χ1v) is 18.6. The van der Waals surface area contributed by atoms with Crippen LogP contribution in [0.2, 0.25) is 0 Å². The van der Waals surface area contributed by atoms with Gasteiger partial charge in [-0.05, 0) is 135 Å². The number of thiocarbonyl (C=S) groups is 1. The van der Waals surface area contributed by atoms with Gasteiger partial charge in [-0.25, -0.2) is 0 Å². The predicted octanol–water partition coefficient (Wildman–Crippen LogP) is 10.4. The number of thioether (sulfide) groups is 1. The number of halogens is 2. The summed E-state index contributed by atoms with van der Waals surface area (Å²) in [6.07, 6.45) is 5.28. The number of nitrogens with zero attached hydrogens (tertiary/aromatic N) is 2. The van der Waals surface area contributed by atoms with Crippen molar-refractivity contribution >= 4 is 115 Å². The van der Waals surface area contributed by atoms with E-state index in [1.165, 1.54) is 41.1 Å². The summed E-state index contributed by atoms with van der Waals surface area (Å²) in [4.78, 5) is 7.38. The number of nitrogens with two attached hydrogens (primary N) is 1. The van der Waals surface area contributed by atoms with Gasteiger partial charge in [0, 0.05) is 53.2 Å². The Hall–Kier alpha value is -1.46. The summed E-state index contributed by atoms with van der Waals surface area (Å²) in [7, 11) is 0. The summed E-state index contributed by atoms with van der Waals surface area (Å²) < 4.78 is 4.58. The lowest BCUT2D eigenvalue weighted by molar-refractivity contribution is 0.296. The predicted molar refractivity (Wildman–Crippen MR) is 195 cm³/mol. The molecular weight excluding hydrogens is 714 g/mol. The number of aryl methyl sites for hydroxylation is 1. The van der Waals surface area contributed by atoms with E-state index >= 15 is 0 Å². The fourth-order valence-electron chi connectivity index (χ4n) is 5.29. The first-order chi connectivity index (χ1) is 19.8. The van der Waals surface area contributed by atoms with Crippen LogP contribution < -0.4 is 10.6 Å². The van der Waals surface area contributed by atoms with Gasteiger partial charge in [0.05, 0.1) is 10.2 Å². The number of anilines is 2. The Balaban J connectivity index is 1.37. The Labute approximate surface area is 277 Å². The van der Waals surface area contributed by atoms with Gasteiger partial charge in [-0.1, -0.05) is 26.0 Å². The van der Waals surface area contributed by atoms with E-state index < -0.39 is 0 Å². The average Bonchev–Trinajstić information content (AvgIpc) is 3.55. The molecule has 2 N–H and O–H groups in total. The number of fused-ring (bicyclic) bond motifs is 2. The third kappa shape index (κ3) is 6.71. The van der Waals surface area contributed by atoms with Crippen LogP contribution in [0.1, 0.15) is 29.9 Å². The zero-order valence-electron chi connectivity index (χ0n) is 23.4. The van der Waals surface area contributed by atoms with Gasteiger partial charge >= 0.3 is 0 Å². The van der Waals surface area contributed by atoms with Crippen molar-refractivity contribution in [1.82, 2.24) is 4.90 Å². The molecule has 0 unspecified atom stereocenters. The highest BCUT2D eigenvalue weighted by atomic mass is 79.9. The number of thiophene rings is 2. The van der Waals surface area contributed by atoms with Gasteiger partial charge in [-0.15, -0.1) is 34.4 Å². The van der Waals surface area contributed by atoms with E-state index in [-0.39, 0.29) is 0 Å². The van der Waals surface area contributed by atoms with Crippen molar-refractivity contribution in [3.8, 4) is 0 Å². The van der Waals surface area contributed by atoms with Crippen LogP contribution in [0.3, 0.4) is 0 Å². The van der Waals surface area contributed by atoms with Gasteiger partial charge in [-0.3, -0.25) is 4.90 Å². The second kappa shape index (κ2) is 13.9. The fraction of sp³-hybridized carbons (Fsp3) is 0.281. The maximum atomic E-state index is 6.29. The highest BCUT2D eigenvalue weighted by Gasteiger charge is 2.20. The van der Waals surface area contributed by atoms with Crippen LogP contribution in [-0.2, 0) is 19.3 Å². The third-order valence-corrected chi connectivity index (χ3v) is 13.0. The van der Waals surface area contributed by atoms with Crippen LogP contribution in [0, 0.1) is 0 Å². The monoisotopic (exact) mass is 745 g/mol. The van der Waals surface area contributed by atoms with E-state index in [0.717, 1.165) is 59.2 Å². The molecule has 3 nitrogen and oxygen atoms in total. The smallest absolute Gasteiger partial charge is 0.175 e. The summed E-state index contributed by atoms with van der Waals surface area (Å²) in [6, 6.07) is 19.6. The number of rotatable bonds is 11. The van der Waals surface area contributed by atoms with Crippen molar-refractivity contribution in [1.29, 1.82) is 0 Å². The molecule has 0 bridgehead atoms. The van der Waals surface area contributed by atoms with Gasteiger partial charge in [0.1, 0.15) is 0 Å². The second-order valence-electron chi connectivity index (χ2n) is 9.85. The summed E-state index contributed by atoms with van der Waals surface area (Å²) in [5, 5.41) is 5.30. The zero-order chi connectivity index (χ0) is 29.1. The molecule has 9 heteroatoms. The van der Waals surface area contributed by atoms with E-state index in [2.05, 4.69) is 98.6 Å². The molecule has 0 saturated heterocycles. The van der Waals surface area contributed by atoms with Gasteiger partial charge in [-0.2, -0.15) is 0 Å². The van der Waals surface area contributed by atoms with E-state index in [9.17, 15) is 0 Å². The maximum absolute atomic E-state index is 6.29. The molecule has 0 aliphatic rings. The van der Waals surface area contributed by atoms with Crippen molar-refractivity contribution in [3.63, 3.8) is 0 Å². The minimum Gasteiger partial charge on any atom is -0.376 e. The molecule has 41 heavy (non-hydrogen) atoms. The first kappa shape index (κ1) is 31.0.